The van der Waals surface area contributed by atoms with E-state index in [0.29, 0.717) is 31.9 Å². The minimum atomic E-state index is -0.740. The first kappa shape index (κ1) is 31.3. The number of rotatable bonds is 7. The Morgan fingerprint density at radius 1 is 1.07 bits per heavy atom. The van der Waals surface area contributed by atoms with Crippen molar-refractivity contribution in [3.8, 4) is 11.4 Å². The van der Waals surface area contributed by atoms with Gasteiger partial charge in [-0.05, 0) is 88.4 Å². The van der Waals surface area contributed by atoms with Crippen LogP contribution in [0.3, 0.4) is 0 Å². The summed E-state index contributed by atoms with van der Waals surface area (Å²) in [6, 6.07) is 17.6. The van der Waals surface area contributed by atoms with Crippen LogP contribution in [0.1, 0.15) is 82.6 Å². The van der Waals surface area contributed by atoms with Crippen LogP contribution >= 0.6 is 11.3 Å². The molecule has 2 aromatic heterocycles. The van der Waals surface area contributed by atoms with Gasteiger partial charge in [0.25, 0.3) is 5.56 Å². The Labute approximate surface area is 262 Å². The van der Waals surface area contributed by atoms with Gasteiger partial charge in [0.2, 0.25) is 0 Å². The smallest absolute Gasteiger partial charge is 0.338 e. The molecule has 4 aromatic rings. The first-order valence-corrected chi connectivity index (χ1v) is 15.9. The van der Waals surface area contributed by atoms with E-state index in [1.807, 2.05) is 44.2 Å². The fourth-order valence-corrected chi connectivity index (χ4v) is 6.77. The van der Waals surface area contributed by atoms with E-state index in [0.717, 1.165) is 22.6 Å². The summed E-state index contributed by atoms with van der Waals surface area (Å²) in [5.74, 6) is 0.119. The maximum Gasteiger partial charge on any atom is 0.338 e. The number of carbonyl (C=O) groups excluding carboxylic acids is 1. The largest absolute Gasteiger partial charge is 0.491 e. The number of allylic oxidation sites excluding steroid dienone is 1. The molecule has 0 radical (unpaired) electrons. The lowest BCUT2D eigenvalue weighted by molar-refractivity contribution is -0.139. The molecule has 230 valence electrons. The molecule has 0 saturated heterocycles. The van der Waals surface area contributed by atoms with E-state index in [2.05, 4.69) is 69.5 Å². The first-order valence-electron chi connectivity index (χ1n) is 15.1. The number of esters is 1. The number of carbonyl (C=O) groups is 1. The summed E-state index contributed by atoms with van der Waals surface area (Å²) in [5.41, 5.74) is 6.84. The zero-order chi connectivity index (χ0) is 31.9. The number of aryl methyl sites for hydroxylation is 1. The molecule has 7 nitrogen and oxygen atoms in total. The van der Waals surface area contributed by atoms with Gasteiger partial charge in [-0.15, -0.1) is 0 Å². The Bertz CT molecular complexity index is 1930. The van der Waals surface area contributed by atoms with Crippen molar-refractivity contribution in [3.05, 3.63) is 114 Å². The van der Waals surface area contributed by atoms with Gasteiger partial charge in [-0.3, -0.25) is 9.36 Å². The van der Waals surface area contributed by atoms with Crippen LogP contribution in [0.5, 0.6) is 5.75 Å². The Balaban J connectivity index is 1.67. The first-order chi connectivity index (χ1) is 20.8. The molecule has 0 unspecified atom stereocenters. The molecule has 0 fully saturated rings. The third-order valence-electron chi connectivity index (χ3n) is 7.84. The van der Waals surface area contributed by atoms with Gasteiger partial charge in [0.15, 0.2) is 4.80 Å². The number of ether oxygens (including phenoxy) is 2. The van der Waals surface area contributed by atoms with Crippen LogP contribution in [0.4, 0.5) is 0 Å². The molecule has 44 heavy (non-hydrogen) atoms. The average molecular weight is 612 g/mol. The molecule has 2 aromatic carbocycles. The molecule has 0 bridgehead atoms. The van der Waals surface area contributed by atoms with Crippen LogP contribution in [0.2, 0.25) is 0 Å². The summed E-state index contributed by atoms with van der Waals surface area (Å²) in [6.07, 6.45) is 1.84. The Morgan fingerprint density at radius 2 is 1.75 bits per heavy atom. The van der Waals surface area contributed by atoms with Gasteiger partial charge in [0, 0.05) is 22.6 Å². The lowest BCUT2D eigenvalue weighted by atomic mass is 9.87. The molecule has 1 aliphatic heterocycles. The van der Waals surface area contributed by atoms with Gasteiger partial charge in [-0.1, -0.05) is 62.4 Å². The molecule has 1 atom stereocenters. The molecule has 0 amide bonds. The van der Waals surface area contributed by atoms with Crippen molar-refractivity contribution < 1.29 is 14.3 Å². The van der Waals surface area contributed by atoms with Gasteiger partial charge in [-0.2, -0.15) is 0 Å². The fourth-order valence-electron chi connectivity index (χ4n) is 5.74. The topological polar surface area (TPSA) is 74.8 Å². The van der Waals surface area contributed by atoms with Gasteiger partial charge < -0.3 is 14.0 Å². The SMILES string of the molecule is CCOC(=O)C1=C(C)N=c2s/c(=C/c3cc(C)n(-c4ccc(C(C)(C)C)cc4)c3C)c(=O)n2[C@H]1c1ccccc1OC(C)C. The van der Waals surface area contributed by atoms with Crippen molar-refractivity contribution in [3.63, 3.8) is 0 Å². The van der Waals surface area contributed by atoms with Gasteiger partial charge in [0.05, 0.1) is 28.5 Å². The molecule has 0 N–H and O–H groups in total. The zero-order valence-corrected chi connectivity index (χ0v) is 27.8. The number of hydrogen-bond donors (Lipinski definition) is 0. The number of thiazole rings is 1. The number of hydrogen-bond acceptors (Lipinski definition) is 6. The monoisotopic (exact) mass is 611 g/mol. The molecule has 0 spiro atoms. The van der Waals surface area contributed by atoms with Crippen molar-refractivity contribution in [1.29, 1.82) is 0 Å². The molecular formula is C36H41N3O4S. The molecule has 3 heterocycles. The number of fused-ring (bicyclic) bond motifs is 1. The van der Waals surface area contributed by atoms with Crippen LogP contribution in [0.15, 0.2) is 75.7 Å². The molecule has 5 rings (SSSR count). The molecule has 0 aliphatic carbocycles. The maximum atomic E-state index is 14.2. The molecule has 8 heteroatoms. The van der Waals surface area contributed by atoms with Crippen LogP contribution in [0, 0.1) is 13.8 Å². The average Bonchev–Trinajstić information content (AvgIpc) is 3.41. The van der Waals surface area contributed by atoms with Crippen LogP contribution in [0.25, 0.3) is 11.8 Å². The highest BCUT2D eigenvalue weighted by atomic mass is 32.1. The van der Waals surface area contributed by atoms with Crippen molar-refractivity contribution in [2.75, 3.05) is 6.61 Å². The van der Waals surface area contributed by atoms with Crippen molar-refractivity contribution in [2.45, 2.75) is 79.9 Å². The highest BCUT2D eigenvalue weighted by Gasteiger charge is 2.35. The van der Waals surface area contributed by atoms with E-state index in [1.165, 1.54) is 16.9 Å². The Hall–Kier alpha value is -4.17. The van der Waals surface area contributed by atoms with Crippen LogP contribution in [-0.4, -0.2) is 27.8 Å². The van der Waals surface area contributed by atoms with Gasteiger partial charge in [-0.25, -0.2) is 9.79 Å². The number of para-hydroxylation sites is 1. The predicted molar refractivity (Wildman–Crippen MR) is 177 cm³/mol. The third-order valence-corrected chi connectivity index (χ3v) is 8.82. The lowest BCUT2D eigenvalue weighted by Crippen LogP contribution is -2.40. The summed E-state index contributed by atoms with van der Waals surface area (Å²) in [5, 5.41) is 0. The van der Waals surface area contributed by atoms with E-state index < -0.39 is 12.0 Å². The second-order valence-corrected chi connectivity index (χ2v) is 13.5. The minimum Gasteiger partial charge on any atom is -0.491 e. The highest BCUT2D eigenvalue weighted by molar-refractivity contribution is 7.07. The number of benzene rings is 2. The standard InChI is InChI=1S/C36H41N3O4S/c1-10-42-34(41)31-23(5)37-35-39(32(31)28-13-11-12-14-29(28)43-21(2)3)33(40)30(44-35)20-25-19-22(4)38(24(25)6)27-17-15-26(16-18-27)36(7,8)9/h11-21,32H,10H2,1-9H3/b30-20+/t32-/m0/s1. The maximum absolute atomic E-state index is 14.2. The second kappa shape index (κ2) is 12.1. The van der Waals surface area contributed by atoms with Crippen LogP contribution < -0.4 is 19.6 Å². The number of aromatic nitrogens is 2. The van der Waals surface area contributed by atoms with E-state index in [1.54, 1.807) is 18.4 Å². The Morgan fingerprint density at radius 3 is 2.39 bits per heavy atom. The normalized spacial score (nSPS) is 15.4. The minimum absolute atomic E-state index is 0.0728. The second-order valence-electron chi connectivity index (χ2n) is 12.5. The molecule has 1 aliphatic rings. The molecular weight excluding hydrogens is 570 g/mol. The summed E-state index contributed by atoms with van der Waals surface area (Å²) in [4.78, 5) is 32.8. The fraction of sp³-hybridized carbons (Fsp3) is 0.361. The number of nitrogens with zero attached hydrogens (tertiary/aromatic N) is 3. The van der Waals surface area contributed by atoms with E-state index in [4.69, 9.17) is 14.5 Å². The third kappa shape index (κ3) is 5.83. The summed E-state index contributed by atoms with van der Waals surface area (Å²) < 4.78 is 16.0. The van der Waals surface area contributed by atoms with Crippen LogP contribution in [-0.2, 0) is 14.9 Å². The predicted octanol–water partition coefficient (Wildman–Crippen LogP) is 6.29. The van der Waals surface area contributed by atoms with Crippen molar-refractivity contribution in [1.82, 2.24) is 9.13 Å². The summed E-state index contributed by atoms with van der Waals surface area (Å²) in [6.45, 7) is 18.4. The van der Waals surface area contributed by atoms with Crippen molar-refractivity contribution in [2.24, 2.45) is 4.99 Å². The van der Waals surface area contributed by atoms with Gasteiger partial charge in [0.1, 0.15) is 11.8 Å². The van der Waals surface area contributed by atoms with E-state index in [9.17, 15) is 9.59 Å². The Kier molecular flexibility index (Phi) is 8.58. The molecule has 0 saturated carbocycles. The zero-order valence-electron chi connectivity index (χ0n) is 27.0. The van der Waals surface area contributed by atoms with Crippen molar-refractivity contribution >= 4 is 23.4 Å². The lowest BCUT2D eigenvalue weighted by Gasteiger charge is -2.26. The summed E-state index contributed by atoms with van der Waals surface area (Å²) in [7, 11) is 0. The summed E-state index contributed by atoms with van der Waals surface area (Å²) >= 11 is 1.32. The quantitative estimate of drug-likeness (QED) is 0.230. The highest BCUT2D eigenvalue weighted by Crippen LogP contribution is 2.36. The van der Waals surface area contributed by atoms with E-state index in [-0.39, 0.29) is 23.7 Å². The van der Waals surface area contributed by atoms with Gasteiger partial charge >= 0.3 is 5.97 Å². The van der Waals surface area contributed by atoms with E-state index >= 15 is 0 Å².